The number of ether oxygens (including phenoxy) is 6. The molecule has 43 heavy (non-hydrogen) atoms. The second kappa shape index (κ2) is 15.9. The standard InChI is InChI=1S/C31H41BO11/c1-22(33)38-17-13-36-15-19-40-27-12-9-25(21-28(27)41-20-16-37-14-18-39-23(2)34)29(35)24-7-10-26(11-8-24)32-42-30(3,4)31(5,6)43-32/h7-12,21H,13-20H2,1-6H3. The van der Waals surface area contributed by atoms with E-state index in [9.17, 15) is 14.4 Å². The Morgan fingerprint density at radius 1 is 0.628 bits per heavy atom. The third kappa shape index (κ3) is 10.3. The van der Waals surface area contributed by atoms with Gasteiger partial charge in [-0.05, 0) is 51.4 Å². The molecule has 0 radical (unpaired) electrons. The van der Waals surface area contributed by atoms with Crippen molar-refractivity contribution >= 4 is 30.3 Å². The van der Waals surface area contributed by atoms with E-state index >= 15 is 0 Å². The molecular weight excluding hydrogens is 559 g/mol. The van der Waals surface area contributed by atoms with Gasteiger partial charge in [-0.1, -0.05) is 24.3 Å². The molecule has 0 saturated carbocycles. The van der Waals surface area contributed by atoms with E-state index in [1.54, 1.807) is 30.3 Å². The lowest BCUT2D eigenvalue weighted by Gasteiger charge is -2.32. The van der Waals surface area contributed by atoms with Crippen LogP contribution in [0.25, 0.3) is 0 Å². The normalized spacial score (nSPS) is 15.2. The molecule has 1 saturated heterocycles. The maximum absolute atomic E-state index is 13.4. The number of benzene rings is 2. The van der Waals surface area contributed by atoms with Crippen molar-refractivity contribution in [1.82, 2.24) is 0 Å². The van der Waals surface area contributed by atoms with Crippen molar-refractivity contribution in [3.63, 3.8) is 0 Å². The van der Waals surface area contributed by atoms with Gasteiger partial charge in [-0.25, -0.2) is 0 Å². The van der Waals surface area contributed by atoms with Gasteiger partial charge in [-0.2, -0.15) is 0 Å². The largest absolute Gasteiger partial charge is 0.494 e. The van der Waals surface area contributed by atoms with Crippen LogP contribution >= 0.6 is 0 Å². The van der Waals surface area contributed by atoms with Gasteiger partial charge in [-0.3, -0.25) is 14.4 Å². The molecule has 1 heterocycles. The minimum atomic E-state index is -0.521. The topological polar surface area (TPSA) is 125 Å². The van der Waals surface area contributed by atoms with Gasteiger partial charge in [0.2, 0.25) is 0 Å². The highest BCUT2D eigenvalue weighted by Crippen LogP contribution is 2.36. The lowest BCUT2D eigenvalue weighted by Crippen LogP contribution is -2.41. The summed E-state index contributed by atoms with van der Waals surface area (Å²) in [7, 11) is -0.521. The van der Waals surface area contributed by atoms with Crippen LogP contribution in [0, 0.1) is 0 Å². The molecule has 234 valence electrons. The Balaban J connectivity index is 1.63. The van der Waals surface area contributed by atoms with E-state index in [0.717, 1.165) is 5.46 Å². The molecule has 1 aliphatic rings. The molecule has 2 aromatic carbocycles. The first-order valence-electron chi connectivity index (χ1n) is 14.2. The maximum atomic E-state index is 13.4. The number of rotatable bonds is 17. The van der Waals surface area contributed by atoms with Gasteiger partial charge >= 0.3 is 19.1 Å². The highest BCUT2D eigenvalue weighted by atomic mass is 16.7. The average Bonchev–Trinajstić information content (AvgIpc) is 3.18. The van der Waals surface area contributed by atoms with E-state index < -0.39 is 18.3 Å². The molecule has 3 rings (SSSR count). The summed E-state index contributed by atoms with van der Waals surface area (Å²) in [6, 6.07) is 12.1. The first-order chi connectivity index (χ1) is 20.4. The van der Waals surface area contributed by atoms with Crippen LogP contribution in [0.3, 0.4) is 0 Å². The summed E-state index contributed by atoms with van der Waals surface area (Å²) in [5.74, 6) is -0.142. The zero-order valence-electron chi connectivity index (χ0n) is 25.8. The third-order valence-corrected chi connectivity index (χ3v) is 6.94. The number of hydrogen-bond acceptors (Lipinski definition) is 11. The van der Waals surface area contributed by atoms with Crippen molar-refractivity contribution in [2.75, 3.05) is 52.9 Å². The summed E-state index contributed by atoms with van der Waals surface area (Å²) in [4.78, 5) is 35.1. The third-order valence-electron chi connectivity index (χ3n) is 6.94. The Morgan fingerprint density at radius 2 is 1.09 bits per heavy atom. The van der Waals surface area contributed by atoms with Gasteiger partial charge in [0.1, 0.15) is 26.4 Å². The number of hydrogen-bond donors (Lipinski definition) is 0. The summed E-state index contributed by atoms with van der Waals surface area (Å²) < 4.78 is 44.5. The van der Waals surface area contributed by atoms with Gasteiger partial charge in [0.25, 0.3) is 0 Å². The number of carbonyl (C=O) groups excluding carboxylic acids is 3. The fraction of sp³-hybridized carbons (Fsp3) is 0.516. The lowest BCUT2D eigenvalue weighted by atomic mass is 9.78. The average molecular weight is 600 g/mol. The van der Waals surface area contributed by atoms with Gasteiger partial charge in [0.15, 0.2) is 17.3 Å². The molecule has 0 unspecified atom stereocenters. The first kappa shape index (κ1) is 34.0. The Kier molecular flexibility index (Phi) is 12.6. The maximum Gasteiger partial charge on any atom is 0.494 e. The highest BCUT2D eigenvalue weighted by molar-refractivity contribution is 6.62. The molecule has 0 amide bonds. The molecule has 0 bridgehead atoms. The predicted molar refractivity (Wildman–Crippen MR) is 158 cm³/mol. The first-order valence-corrected chi connectivity index (χ1v) is 14.2. The molecular formula is C31H41BO11. The summed E-state index contributed by atoms with van der Waals surface area (Å²) in [5.41, 5.74) is 0.812. The van der Waals surface area contributed by atoms with Crippen molar-refractivity contribution in [2.24, 2.45) is 0 Å². The van der Waals surface area contributed by atoms with Gasteiger partial charge in [0, 0.05) is 25.0 Å². The van der Waals surface area contributed by atoms with E-state index in [-0.39, 0.29) is 70.6 Å². The molecule has 0 aliphatic carbocycles. The van der Waals surface area contributed by atoms with Crippen LogP contribution in [0.1, 0.15) is 57.5 Å². The predicted octanol–water partition coefficient (Wildman–Crippen LogP) is 3.13. The minimum Gasteiger partial charge on any atom is -0.487 e. The number of carbonyl (C=O) groups is 3. The monoisotopic (exact) mass is 600 g/mol. The highest BCUT2D eigenvalue weighted by Gasteiger charge is 2.51. The van der Waals surface area contributed by atoms with Crippen molar-refractivity contribution in [3.8, 4) is 11.5 Å². The van der Waals surface area contributed by atoms with Gasteiger partial charge in [0.05, 0.1) is 37.6 Å². The minimum absolute atomic E-state index is 0.151. The molecule has 2 aromatic rings. The molecule has 0 aromatic heterocycles. The Labute approximate surface area is 253 Å². The fourth-order valence-electron chi connectivity index (χ4n) is 3.93. The summed E-state index contributed by atoms with van der Waals surface area (Å²) in [6.07, 6.45) is 0. The van der Waals surface area contributed by atoms with Crippen LogP contribution in [-0.2, 0) is 37.8 Å². The SMILES string of the molecule is CC(=O)OCCOCCOc1ccc(C(=O)c2ccc(B3OC(C)(C)C(C)(C)O3)cc2)cc1OCCOCCOC(C)=O. The summed E-state index contributed by atoms with van der Waals surface area (Å²) >= 11 is 0. The van der Waals surface area contributed by atoms with Crippen molar-refractivity contribution in [2.45, 2.75) is 52.7 Å². The zero-order valence-corrected chi connectivity index (χ0v) is 25.8. The molecule has 1 fully saturated rings. The number of ketones is 1. The second-order valence-corrected chi connectivity index (χ2v) is 10.8. The Hall–Kier alpha value is -3.45. The van der Waals surface area contributed by atoms with E-state index in [0.29, 0.717) is 22.6 Å². The van der Waals surface area contributed by atoms with Crippen molar-refractivity contribution in [3.05, 3.63) is 53.6 Å². The Morgan fingerprint density at radius 3 is 1.60 bits per heavy atom. The molecule has 12 heteroatoms. The summed E-state index contributed by atoms with van der Waals surface area (Å²) in [6.45, 7) is 12.3. The molecule has 11 nitrogen and oxygen atoms in total. The smallest absolute Gasteiger partial charge is 0.487 e. The van der Waals surface area contributed by atoms with Crippen LogP contribution < -0.4 is 14.9 Å². The van der Waals surface area contributed by atoms with Crippen molar-refractivity contribution < 1.29 is 52.1 Å². The molecule has 0 spiro atoms. The van der Waals surface area contributed by atoms with E-state index in [1.807, 2.05) is 39.8 Å². The van der Waals surface area contributed by atoms with Crippen LogP contribution in [0.15, 0.2) is 42.5 Å². The molecule has 0 N–H and O–H groups in total. The van der Waals surface area contributed by atoms with E-state index in [1.165, 1.54) is 13.8 Å². The molecule has 1 aliphatic heterocycles. The number of esters is 2. The van der Waals surface area contributed by atoms with Crippen molar-refractivity contribution in [1.29, 1.82) is 0 Å². The fourth-order valence-corrected chi connectivity index (χ4v) is 3.93. The van der Waals surface area contributed by atoms with Gasteiger partial charge in [-0.15, -0.1) is 0 Å². The van der Waals surface area contributed by atoms with Gasteiger partial charge < -0.3 is 37.7 Å². The van der Waals surface area contributed by atoms with Crippen LogP contribution in [-0.4, -0.2) is 88.9 Å². The summed E-state index contributed by atoms with van der Waals surface area (Å²) in [5, 5.41) is 0. The quantitative estimate of drug-likeness (QED) is 0.115. The second-order valence-electron chi connectivity index (χ2n) is 10.8. The van der Waals surface area contributed by atoms with Crippen LogP contribution in [0.2, 0.25) is 0 Å². The van der Waals surface area contributed by atoms with Crippen LogP contribution in [0.5, 0.6) is 11.5 Å². The van der Waals surface area contributed by atoms with E-state index in [4.69, 9.17) is 37.7 Å². The lowest BCUT2D eigenvalue weighted by molar-refractivity contribution is -0.143. The molecule has 0 atom stereocenters. The van der Waals surface area contributed by atoms with E-state index in [2.05, 4.69) is 0 Å². The zero-order chi connectivity index (χ0) is 31.5. The Bertz CT molecular complexity index is 1210. The van der Waals surface area contributed by atoms with Crippen LogP contribution in [0.4, 0.5) is 0 Å².